The van der Waals surface area contributed by atoms with Crippen LogP contribution in [-0.2, 0) is 27.1 Å². The lowest BCUT2D eigenvalue weighted by molar-refractivity contribution is -0.926. The molecule has 8 nitrogen and oxygen atoms in total. The summed E-state index contributed by atoms with van der Waals surface area (Å²) in [5.41, 5.74) is 1.59. The molecule has 1 aromatic rings. The summed E-state index contributed by atoms with van der Waals surface area (Å²) in [5, 5.41) is 13.8. The second kappa shape index (κ2) is 6.05. The molecular formula is C18H21NO7S. The van der Waals surface area contributed by atoms with Gasteiger partial charge in [-0.05, 0) is 23.8 Å². The van der Waals surface area contributed by atoms with Crippen molar-refractivity contribution < 1.29 is 31.3 Å². The molecular weight excluding hydrogens is 374 g/mol. The van der Waals surface area contributed by atoms with Gasteiger partial charge in [-0.25, -0.2) is 0 Å². The number of nitrogens with zero attached hydrogens (tertiary/aromatic N) is 1. The molecule has 2 aliphatic heterocycles. The minimum atomic E-state index is -4.74. The molecule has 9 heteroatoms. The molecule has 0 saturated heterocycles. The summed E-state index contributed by atoms with van der Waals surface area (Å²) in [4.78, 5) is 0. The monoisotopic (exact) mass is 395 g/mol. The van der Waals surface area contributed by atoms with E-state index in [2.05, 4.69) is 0 Å². The van der Waals surface area contributed by atoms with Crippen LogP contribution in [0.2, 0.25) is 0 Å². The van der Waals surface area contributed by atoms with Crippen LogP contribution in [0.25, 0.3) is 0 Å². The summed E-state index contributed by atoms with van der Waals surface area (Å²) in [6, 6.07) is 3.20. The zero-order valence-electron chi connectivity index (χ0n) is 15.0. The van der Waals surface area contributed by atoms with Crippen LogP contribution in [0.1, 0.15) is 17.5 Å². The molecule has 0 bridgehead atoms. The summed E-state index contributed by atoms with van der Waals surface area (Å²) in [7, 11) is -1.75. The smallest absolute Gasteiger partial charge is 0.446 e. The zero-order valence-corrected chi connectivity index (χ0v) is 15.9. The summed E-state index contributed by atoms with van der Waals surface area (Å²) in [6.07, 6.45) is 6.53. The molecule has 0 fully saturated rings. The Kier molecular flexibility index (Phi) is 4.13. The van der Waals surface area contributed by atoms with E-state index in [4.69, 9.17) is 18.2 Å². The van der Waals surface area contributed by atoms with E-state index in [1.165, 1.54) is 13.2 Å². The van der Waals surface area contributed by atoms with Gasteiger partial charge in [-0.15, -0.1) is 0 Å². The normalized spacial score (nSPS) is 31.6. The maximum absolute atomic E-state index is 13.8. The predicted molar refractivity (Wildman–Crippen MR) is 96.6 cm³/mol. The number of fused-ring (bicyclic) bond motifs is 1. The molecule has 1 unspecified atom stereocenters. The van der Waals surface area contributed by atoms with Crippen molar-refractivity contribution in [2.75, 3.05) is 27.3 Å². The third-order valence-electron chi connectivity index (χ3n) is 5.84. The first-order valence-electron chi connectivity index (χ1n) is 8.60. The Morgan fingerprint density at radius 3 is 2.74 bits per heavy atom. The predicted octanol–water partition coefficient (Wildman–Crippen LogP) is 1.86. The highest BCUT2D eigenvalue weighted by Gasteiger charge is 2.58. The third kappa shape index (κ3) is 2.69. The molecule has 1 aromatic carbocycles. The molecule has 1 aliphatic carbocycles. The van der Waals surface area contributed by atoms with E-state index in [-0.39, 0.29) is 17.6 Å². The van der Waals surface area contributed by atoms with Gasteiger partial charge in [0.2, 0.25) is 0 Å². The fourth-order valence-corrected chi connectivity index (χ4v) is 4.99. The molecule has 1 N–H and O–H groups in total. The van der Waals surface area contributed by atoms with Gasteiger partial charge in [0.25, 0.3) is 0 Å². The van der Waals surface area contributed by atoms with Crippen molar-refractivity contribution in [3.8, 4) is 11.5 Å². The lowest BCUT2D eigenvalue weighted by Gasteiger charge is -2.58. The van der Waals surface area contributed by atoms with Crippen LogP contribution >= 0.6 is 0 Å². The second-order valence-electron chi connectivity index (χ2n) is 7.07. The molecule has 3 aliphatic rings. The Hall–Kier alpha value is -1.91. The molecule has 27 heavy (non-hydrogen) atoms. The molecule has 146 valence electrons. The number of methoxy groups -OCH3 is 2. The van der Waals surface area contributed by atoms with Gasteiger partial charge in [-0.3, -0.25) is 4.55 Å². The summed E-state index contributed by atoms with van der Waals surface area (Å²) in [6.45, 7) is 0.745. The van der Waals surface area contributed by atoms with E-state index in [0.717, 1.165) is 11.1 Å². The third-order valence-corrected chi connectivity index (χ3v) is 6.23. The van der Waals surface area contributed by atoms with Gasteiger partial charge >= 0.3 is 10.4 Å². The highest BCUT2D eigenvalue weighted by molar-refractivity contribution is 7.81. The molecule has 0 aromatic heterocycles. The van der Waals surface area contributed by atoms with Gasteiger partial charge in [0.1, 0.15) is 0 Å². The van der Waals surface area contributed by atoms with Gasteiger partial charge in [-0.2, -0.15) is 8.42 Å². The molecule has 0 amide bonds. The first-order chi connectivity index (χ1) is 12.7. The van der Waals surface area contributed by atoms with Crippen molar-refractivity contribution in [3.05, 3.63) is 52.3 Å². The minimum Gasteiger partial charge on any atom is -0.632 e. The fourth-order valence-electron chi connectivity index (χ4n) is 4.63. The first-order valence-corrected chi connectivity index (χ1v) is 9.97. The standard InChI is InChI=1S/C18H21NO7S/c1-24-14-4-3-13-6-8-19(20)7-5-12-9-16(25-2)17(26-27(21,22)23)10-15(12)18(13,19)11-14/h3-4,6,9-10,14H,5,7-8,11H2,1-2H3,(H,21,22,23)/t14-,18-,19?/m0/s1. The van der Waals surface area contributed by atoms with E-state index in [9.17, 15) is 13.6 Å². The first kappa shape index (κ1) is 18.5. The van der Waals surface area contributed by atoms with Crippen LogP contribution in [0, 0.1) is 5.21 Å². The van der Waals surface area contributed by atoms with Crippen molar-refractivity contribution >= 4 is 10.4 Å². The van der Waals surface area contributed by atoms with Crippen LogP contribution in [0.3, 0.4) is 0 Å². The van der Waals surface area contributed by atoms with Gasteiger partial charge in [0.15, 0.2) is 17.0 Å². The van der Waals surface area contributed by atoms with E-state index in [0.29, 0.717) is 31.5 Å². The highest BCUT2D eigenvalue weighted by Crippen LogP contribution is 2.56. The average Bonchev–Trinajstić information content (AvgIpc) is 2.93. The number of ether oxygens (including phenoxy) is 2. The van der Waals surface area contributed by atoms with Crippen molar-refractivity contribution in [1.29, 1.82) is 0 Å². The lowest BCUT2D eigenvalue weighted by Crippen LogP contribution is -2.61. The van der Waals surface area contributed by atoms with E-state index in [1.807, 2.05) is 18.2 Å². The lowest BCUT2D eigenvalue weighted by atomic mass is 9.71. The Labute approximate surface area is 157 Å². The maximum Gasteiger partial charge on any atom is 0.446 e. The Morgan fingerprint density at radius 2 is 2.07 bits per heavy atom. The van der Waals surface area contributed by atoms with Crippen LogP contribution in [0.15, 0.2) is 35.9 Å². The zero-order chi connectivity index (χ0) is 19.4. The number of hydrogen-bond acceptors (Lipinski definition) is 6. The van der Waals surface area contributed by atoms with Crippen molar-refractivity contribution in [2.45, 2.75) is 24.5 Å². The highest BCUT2D eigenvalue weighted by atomic mass is 32.3. The molecule has 1 spiro atoms. The molecule has 0 radical (unpaired) electrons. The van der Waals surface area contributed by atoms with E-state index in [1.54, 1.807) is 13.2 Å². The second-order valence-corrected chi connectivity index (χ2v) is 8.10. The van der Waals surface area contributed by atoms with Crippen molar-refractivity contribution in [1.82, 2.24) is 0 Å². The number of rotatable bonds is 4. The summed E-state index contributed by atoms with van der Waals surface area (Å²) < 4.78 is 46.7. The molecule has 0 saturated carbocycles. The van der Waals surface area contributed by atoms with Crippen LogP contribution in [-0.4, -0.2) is 51.0 Å². The molecule has 4 rings (SSSR count). The van der Waals surface area contributed by atoms with Gasteiger partial charge < -0.3 is 23.5 Å². The van der Waals surface area contributed by atoms with Crippen LogP contribution in [0.5, 0.6) is 11.5 Å². The number of quaternary nitrogens is 1. The topological polar surface area (TPSA) is 105 Å². The van der Waals surface area contributed by atoms with E-state index >= 15 is 0 Å². The Balaban J connectivity index is 1.94. The number of hydroxylamine groups is 3. The largest absolute Gasteiger partial charge is 0.632 e. The molecule has 2 heterocycles. The fraction of sp³-hybridized carbons (Fsp3) is 0.444. The van der Waals surface area contributed by atoms with E-state index < -0.39 is 20.6 Å². The number of benzene rings is 1. The van der Waals surface area contributed by atoms with Crippen molar-refractivity contribution in [2.24, 2.45) is 0 Å². The van der Waals surface area contributed by atoms with Crippen molar-refractivity contribution in [3.63, 3.8) is 0 Å². The number of hydrogen-bond donors (Lipinski definition) is 1. The van der Waals surface area contributed by atoms with Crippen LogP contribution in [0.4, 0.5) is 0 Å². The van der Waals surface area contributed by atoms with Gasteiger partial charge in [0, 0.05) is 31.1 Å². The SMILES string of the molecule is COc1cc2c(cc1OS(=O)(=O)O)[C@]13C[C@@H](OC)C=CC1=CC[N+]3([O-])CC2. The summed E-state index contributed by atoms with van der Waals surface area (Å²) >= 11 is 0. The molecule has 3 atom stereocenters. The quantitative estimate of drug-likeness (QED) is 0.471. The van der Waals surface area contributed by atoms with Gasteiger partial charge in [0.05, 0.1) is 26.3 Å². The minimum absolute atomic E-state index is 0.142. The van der Waals surface area contributed by atoms with Crippen LogP contribution < -0.4 is 8.92 Å². The van der Waals surface area contributed by atoms with Gasteiger partial charge in [-0.1, -0.05) is 12.2 Å². The summed E-state index contributed by atoms with van der Waals surface area (Å²) in [5.74, 6) is 0.0446. The Morgan fingerprint density at radius 1 is 1.30 bits per heavy atom. The average molecular weight is 395 g/mol. The maximum atomic E-state index is 13.8. The Bertz CT molecular complexity index is 955.